The van der Waals surface area contributed by atoms with Crippen LogP contribution in [-0.2, 0) is 9.53 Å². The van der Waals surface area contributed by atoms with Gasteiger partial charge in [0.2, 0.25) is 5.91 Å². The van der Waals surface area contributed by atoms with Gasteiger partial charge in [-0.3, -0.25) is 4.79 Å². The first-order chi connectivity index (χ1) is 7.89. The zero-order valence-corrected chi connectivity index (χ0v) is 11.0. The summed E-state index contributed by atoms with van der Waals surface area (Å²) in [5.41, 5.74) is 0.0701. The number of aliphatic hydroxyl groups is 1. The zero-order chi connectivity index (χ0) is 13.3. The first-order valence-corrected chi connectivity index (χ1v) is 5.80. The zero-order valence-electron chi connectivity index (χ0n) is 11.0. The Bertz CT molecular complexity index is 263. The van der Waals surface area contributed by atoms with E-state index in [1.807, 2.05) is 0 Å². The summed E-state index contributed by atoms with van der Waals surface area (Å²) in [5, 5.41) is 12.0. The normalized spacial score (nSPS) is 12.9. The Balaban J connectivity index is 3.87. The van der Waals surface area contributed by atoms with E-state index in [1.54, 1.807) is 0 Å². The highest BCUT2D eigenvalue weighted by Crippen LogP contribution is 2.20. The minimum absolute atomic E-state index is 0.0474. The molecule has 1 atom stereocenters. The molecule has 4 nitrogen and oxygen atoms in total. The number of hydrogen-bond acceptors (Lipinski definition) is 3. The molecule has 4 heteroatoms. The number of hydrogen-bond donors (Lipinski definition) is 2. The maximum Gasteiger partial charge on any atom is 0.222 e. The summed E-state index contributed by atoms with van der Waals surface area (Å²) in [6.45, 7) is 6.68. The second kappa shape index (κ2) is 8.10. The van der Waals surface area contributed by atoms with Crippen molar-refractivity contribution < 1.29 is 14.6 Å². The molecular weight excluding hydrogens is 218 g/mol. The molecule has 0 aromatic rings. The second-order valence-electron chi connectivity index (χ2n) is 5.22. The maximum atomic E-state index is 11.5. The summed E-state index contributed by atoms with van der Waals surface area (Å²) < 4.78 is 5.01. The lowest BCUT2D eigenvalue weighted by Crippen LogP contribution is -2.40. The molecular formula is C13H23NO3. The molecule has 0 aromatic heterocycles. The summed E-state index contributed by atoms with van der Waals surface area (Å²) in [6, 6.07) is -0.199. The molecule has 98 valence electrons. The Labute approximate surface area is 104 Å². The fourth-order valence-electron chi connectivity index (χ4n) is 1.50. The van der Waals surface area contributed by atoms with Crippen LogP contribution < -0.4 is 5.32 Å². The third kappa shape index (κ3) is 9.86. The molecule has 2 N–H and O–H groups in total. The number of nitrogens with one attached hydrogen (secondary N) is 1. The van der Waals surface area contributed by atoms with Crippen LogP contribution in [0.25, 0.3) is 0 Å². The van der Waals surface area contributed by atoms with Crippen LogP contribution in [0.3, 0.4) is 0 Å². The highest BCUT2D eigenvalue weighted by molar-refractivity contribution is 5.76. The van der Waals surface area contributed by atoms with Crippen LogP contribution in [-0.4, -0.2) is 36.9 Å². The maximum absolute atomic E-state index is 11.5. The number of ether oxygens (including phenoxy) is 1. The molecule has 0 saturated heterocycles. The average molecular weight is 241 g/mol. The standard InChI is InChI=1S/C13H23NO3/c1-5-7-17-8-6-12(16)14-11(10-15)9-13(2,3)4/h1,11,15H,6-10H2,2-4H3,(H,14,16). The van der Waals surface area contributed by atoms with Gasteiger partial charge in [0.05, 0.1) is 25.7 Å². The van der Waals surface area contributed by atoms with Crippen molar-refractivity contribution in [1.29, 1.82) is 0 Å². The third-order valence-corrected chi connectivity index (χ3v) is 2.10. The first kappa shape index (κ1) is 16.0. The van der Waals surface area contributed by atoms with Crippen LogP contribution in [0.15, 0.2) is 0 Å². The van der Waals surface area contributed by atoms with Gasteiger partial charge >= 0.3 is 0 Å². The van der Waals surface area contributed by atoms with Gasteiger partial charge in [0.15, 0.2) is 0 Å². The Kier molecular flexibility index (Phi) is 7.60. The van der Waals surface area contributed by atoms with Crippen molar-refractivity contribution in [3.05, 3.63) is 0 Å². The van der Waals surface area contributed by atoms with Crippen molar-refractivity contribution in [2.24, 2.45) is 5.41 Å². The lowest BCUT2D eigenvalue weighted by molar-refractivity contribution is -0.123. The van der Waals surface area contributed by atoms with Gasteiger partial charge in [0.25, 0.3) is 0 Å². The number of rotatable bonds is 7. The van der Waals surface area contributed by atoms with Gasteiger partial charge < -0.3 is 15.2 Å². The van der Waals surface area contributed by atoms with E-state index in [-0.39, 0.29) is 37.0 Å². The molecule has 0 saturated carbocycles. The second-order valence-corrected chi connectivity index (χ2v) is 5.22. The van der Waals surface area contributed by atoms with Gasteiger partial charge in [-0.15, -0.1) is 6.42 Å². The highest BCUT2D eigenvalue weighted by Gasteiger charge is 2.19. The quantitative estimate of drug-likeness (QED) is 0.515. The highest BCUT2D eigenvalue weighted by atomic mass is 16.5. The van der Waals surface area contributed by atoms with Crippen LogP contribution in [0.1, 0.15) is 33.6 Å². The predicted octanol–water partition coefficient (Wildman–Crippen LogP) is 0.940. The SMILES string of the molecule is C#CCOCCC(=O)NC(CO)CC(C)(C)C. The van der Waals surface area contributed by atoms with E-state index in [0.29, 0.717) is 6.61 Å². The fraction of sp³-hybridized carbons (Fsp3) is 0.769. The van der Waals surface area contributed by atoms with Gasteiger partial charge in [-0.1, -0.05) is 26.7 Å². The van der Waals surface area contributed by atoms with Crippen LogP contribution >= 0.6 is 0 Å². The summed E-state index contributed by atoms with van der Waals surface area (Å²) in [4.78, 5) is 11.5. The van der Waals surface area contributed by atoms with Crippen molar-refractivity contribution in [3.8, 4) is 12.3 Å². The first-order valence-electron chi connectivity index (χ1n) is 5.80. The van der Waals surface area contributed by atoms with E-state index in [1.165, 1.54) is 0 Å². The van der Waals surface area contributed by atoms with Gasteiger partial charge in [-0.05, 0) is 11.8 Å². The lowest BCUT2D eigenvalue weighted by atomic mass is 9.88. The van der Waals surface area contributed by atoms with Crippen molar-refractivity contribution in [2.75, 3.05) is 19.8 Å². The van der Waals surface area contributed by atoms with Crippen molar-refractivity contribution in [1.82, 2.24) is 5.32 Å². The Morgan fingerprint density at radius 1 is 1.53 bits per heavy atom. The predicted molar refractivity (Wildman–Crippen MR) is 67.4 cm³/mol. The molecule has 1 amide bonds. The smallest absolute Gasteiger partial charge is 0.222 e. The summed E-state index contributed by atoms with van der Waals surface area (Å²) >= 11 is 0. The van der Waals surface area contributed by atoms with E-state index >= 15 is 0 Å². The average Bonchev–Trinajstić information content (AvgIpc) is 2.21. The molecule has 0 fully saturated rings. The van der Waals surface area contributed by atoms with Crippen LogP contribution in [0.2, 0.25) is 0 Å². The molecule has 0 aromatic carbocycles. The number of carbonyl (C=O) groups excluding carboxylic acids is 1. The van der Waals surface area contributed by atoms with Crippen LogP contribution in [0.5, 0.6) is 0 Å². The van der Waals surface area contributed by atoms with Gasteiger partial charge in [0.1, 0.15) is 6.61 Å². The van der Waals surface area contributed by atoms with Crippen molar-refractivity contribution >= 4 is 5.91 Å². The largest absolute Gasteiger partial charge is 0.394 e. The summed E-state index contributed by atoms with van der Waals surface area (Å²) in [7, 11) is 0. The minimum Gasteiger partial charge on any atom is -0.394 e. The number of carbonyl (C=O) groups is 1. The fourth-order valence-corrected chi connectivity index (χ4v) is 1.50. The topological polar surface area (TPSA) is 58.6 Å². The van der Waals surface area contributed by atoms with Crippen molar-refractivity contribution in [2.45, 2.75) is 39.7 Å². The van der Waals surface area contributed by atoms with Crippen LogP contribution in [0.4, 0.5) is 0 Å². The summed E-state index contributed by atoms with van der Waals surface area (Å²) in [5.74, 6) is 2.21. The van der Waals surface area contributed by atoms with E-state index < -0.39 is 0 Å². The molecule has 0 aliphatic rings. The minimum atomic E-state index is -0.199. The Morgan fingerprint density at radius 2 is 2.18 bits per heavy atom. The molecule has 0 bridgehead atoms. The van der Waals surface area contributed by atoms with Gasteiger partial charge in [-0.25, -0.2) is 0 Å². The molecule has 0 heterocycles. The number of terminal acetylenes is 1. The van der Waals surface area contributed by atoms with Crippen LogP contribution in [0, 0.1) is 17.8 Å². The molecule has 0 radical (unpaired) electrons. The summed E-state index contributed by atoms with van der Waals surface area (Å²) in [6.07, 6.45) is 6.01. The molecule has 0 spiro atoms. The monoisotopic (exact) mass is 241 g/mol. The van der Waals surface area contributed by atoms with E-state index in [9.17, 15) is 9.90 Å². The van der Waals surface area contributed by atoms with Gasteiger partial charge in [0, 0.05) is 0 Å². The van der Waals surface area contributed by atoms with E-state index in [2.05, 4.69) is 32.0 Å². The molecule has 0 aliphatic carbocycles. The molecule has 1 unspecified atom stereocenters. The van der Waals surface area contributed by atoms with Gasteiger partial charge in [-0.2, -0.15) is 0 Å². The van der Waals surface area contributed by atoms with E-state index in [0.717, 1.165) is 6.42 Å². The van der Waals surface area contributed by atoms with E-state index in [4.69, 9.17) is 11.2 Å². The third-order valence-electron chi connectivity index (χ3n) is 2.10. The number of amides is 1. The molecule has 17 heavy (non-hydrogen) atoms. The Morgan fingerprint density at radius 3 is 2.65 bits per heavy atom. The Hall–Kier alpha value is -1.05. The number of aliphatic hydroxyl groups excluding tert-OH is 1. The molecule has 0 aliphatic heterocycles. The molecule has 0 rings (SSSR count). The van der Waals surface area contributed by atoms with Crippen molar-refractivity contribution in [3.63, 3.8) is 0 Å². The lowest BCUT2D eigenvalue weighted by Gasteiger charge is -2.25.